The van der Waals surface area contributed by atoms with Crippen LogP contribution in [0.1, 0.15) is 26.7 Å². The van der Waals surface area contributed by atoms with Crippen LogP contribution in [0, 0.1) is 10.8 Å². The van der Waals surface area contributed by atoms with Gasteiger partial charge in [-0.15, -0.1) is 0 Å². The number of aliphatic carboxylic acids is 1. The monoisotopic (exact) mass is 526 g/mol. The van der Waals surface area contributed by atoms with Crippen LogP contribution in [-0.2, 0) is 14.3 Å². The molecule has 2 saturated carbocycles. The number of halogens is 4. The lowest BCUT2D eigenvalue weighted by molar-refractivity contribution is -0.146. The molecule has 2 unspecified atom stereocenters. The van der Waals surface area contributed by atoms with Gasteiger partial charge in [-0.05, 0) is 26.7 Å². The van der Waals surface area contributed by atoms with Crippen molar-refractivity contribution < 1.29 is 19.4 Å². The second-order valence-corrected chi connectivity index (χ2v) is 12.8. The van der Waals surface area contributed by atoms with E-state index in [0.29, 0.717) is 6.42 Å². The third-order valence-corrected chi connectivity index (χ3v) is 8.25. The van der Waals surface area contributed by atoms with Crippen LogP contribution in [-0.4, -0.2) is 30.6 Å². The van der Waals surface area contributed by atoms with Crippen LogP contribution in [0.4, 0.5) is 0 Å². The smallest absolute Gasteiger partial charge is 0.313 e. The van der Waals surface area contributed by atoms with Crippen LogP contribution >= 0.6 is 63.7 Å². The zero-order valence-electron chi connectivity index (χ0n) is 10.6. The second-order valence-electron chi connectivity index (χ2n) is 5.22. The van der Waals surface area contributed by atoms with Gasteiger partial charge in [-0.2, -0.15) is 0 Å². The standard InChI is InChI=1S/C6H8Br2O2.C5H6Br2O2/c1-5(4(9)10-2)3-6(5,7)8;1-4(3(8)9)2-5(4,6)7/h3H2,1-2H3;2H2,1H3,(H,8,9). The quantitative estimate of drug-likeness (QED) is 0.434. The van der Waals surface area contributed by atoms with Crippen molar-refractivity contribution >= 4 is 75.7 Å². The van der Waals surface area contributed by atoms with Crippen LogP contribution < -0.4 is 0 Å². The molecule has 4 nitrogen and oxygen atoms in total. The SMILES string of the molecule is CC1(C(=O)O)CC1(Br)Br.COC(=O)C1(C)CC1(Br)Br. The number of ether oxygens (including phenoxy) is 1. The number of carboxylic acid groups (broad SMARTS) is 1. The van der Waals surface area contributed by atoms with Crippen molar-refractivity contribution in [1.82, 2.24) is 0 Å². The number of hydrogen-bond acceptors (Lipinski definition) is 3. The molecule has 0 radical (unpaired) electrons. The Labute approximate surface area is 145 Å². The van der Waals surface area contributed by atoms with Gasteiger partial charge in [-0.25, -0.2) is 0 Å². The van der Waals surface area contributed by atoms with Crippen molar-refractivity contribution in [3.8, 4) is 0 Å². The molecule has 0 aromatic heterocycles. The van der Waals surface area contributed by atoms with Gasteiger partial charge in [-0.1, -0.05) is 63.7 Å². The molecule has 0 aromatic rings. The highest BCUT2D eigenvalue weighted by molar-refractivity contribution is 9.26. The van der Waals surface area contributed by atoms with Gasteiger partial charge in [0.15, 0.2) is 0 Å². The molecule has 2 rings (SSSR count). The van der Waals surface area contributed by atoms with Crippen molar-refractivity contribution in [3.63, 3.8) is 0 Å². The molecule has 0 heterocycles. The molecule has 2 aliphatic rings. The Balaban J connectivity index is 0.000000191. The lowest BCUT2D eigenvalue weighted by Gasteiger charge is -2.07. The number of rotatable bonds is 2. The van der Waals surface area contributed by atoms with Gasteiger partial charge in [0, 0.05) is 0 Å². The van der Waals surface area contributed by atoms with Crippen molar-refractivity contribution in [1.29, 1.82) is 0 Å². The summed E-state index contributed by atoms with van der Waals surface area (Å²) < 4.78 is 4.04. The summed E-state index contributed by atoms with van der Waals surface area (Å²) in [6.07, 6.45) is 1.43. The number of carbonyl (C=O) groups is 2. The summed E-state index contributed by atoms with van der Waals surface area (Å²) in [5.74, 6) is -0.919. The number of esters is 1. The molecule has 8 heteroatoms. The van der Waals surface area contributed by atoms with Crippen LogP contribution in [0.2, 0.25) is 0 Å². The molecular weight excluding hydrogens is 516 g/mol. The summed E-state index contributed by atoms with van der Waals surface area (Å²) in [7, 11) is 1.40. The molecule has 0 aromatic carbocycles. The van der Waals surface area contributed by atoms with Crippen LogP contribution in [0.5, 0.6) is 0 Å². The van der Waals surface area contributed by atoms with E-state index in [1.807, 2.05) is 6.92 Å². The molecule has 2 atom stereocenters. The van der Waals surface area contributed by atoms with Gasteiger partial charge < -0.3 is 9.84 Å². The van der Waals surface area contributed by atoms with E-state index in [-0.39, 0.29) is 17.9 Å². The Bertz CT molecular complexity index is 423. The van der Waals surface area contributed by atoms with Gasteiger partial charge in [0.1, 0.15) is 0 Å². The molecule has 19 heavy (non-hydrogen) atoms. The zero-order chi connectivity index (χ0) is 15.3. The van der Waals surface area contributed by atoms with E-state index in [1.165, 1.54) is 7.11 Å². The van der Waals surface area contributed by atoms with Crippen molar-refractivity contribution in [2.24, 2.45) is 10.8 Å². The normalized spacial score (nSPS) is 36.6. The summed E-state index contributed by atoms with van der Waals surface area (Å²) in [5.41, 5.74) is -0.977. The molecule has 110 valence electrons. The summed E-state index contributed by atoms with van der Waals surface area (Å²) in [4.78, 5) is 21.5. The van der Waals surface area contributed by atoms with E-state index in [9.17, 15) is 9.59 Å². The van der Waals surface area contributed by atoms with Gasteiger partial charge in [0.05, 0.1) is 24.4 Å². The Kier molecular flexibility index (Phi) is 4.95. The number of carboxylic acids is 1. The fraction of sp³-hybridized carbons (Fsp3) is 0.818. The molecule has 2 aliphatic carbocycles. The van der Waals surface area contributed by atoms with Crippen molar-refractivity contribution in [2.45, 2.75) is 33.2 Å². The number of hydrogen-bond donors (Lipinski definition) is 1. The first-order chi connectivity index (χ1) is 8.34. The molecule has 0 aliphatic heterocycles. The van der Waals surface area contributed by atoms with Gasteiger partial charge in [0.25, 0.3) is 0 Å². The third kappa shape index (κ3) is 3.21. The predicted octanol–water partition coefficient (Wildman–Crippen LogP) is 4.02. The zero-order valence-corrected chi connectivity index (χ0v) is 16.9. The molecule has 1 N–H and O–H groups in total. The predicted molar refractivity (Wildman–Crippen MR) is 86.3 cm³/mol. The minimum Gasteiger partial charge on any atom is -0.481 e. The lowest BCUT2D eigenvalue weighted by atomic mass is 10.1. The fourth-order valence-electron chi connectivity index (χ4n) is 1.48. The molecule has 0 saturated heterocycles. The Morgan fingerprint density at radius 3 is 1.37 bits per heavy atom. The summed E-state index contributed by atoms with van der Waals surface area (Å²) in [5, 5.41) is 8.59. The van der Waals surface area contributed by atoms with Crippen LogP contribution in [0.25, 0.3) is 0 Å². The summed E-state index contributed by atoms with van der Waals surface area (Å²) >= 11 is 13.2. The first-order valence-corrected chi connectivity index (χ1v) is 8.59. The maximum Gasteiger partial charge on any atom is 0.313 e. The van der Waals surface area contributed by atoms with E-state index in [2.05, 4.69) is 68.5 Å². The second kappa shape index (κ2) is 5.25. The summed E-state index contributed by atoms with van der Waals surface area (Å²) in [6, 6.07) is 0. The Hall–Kier alpha value is 0.860. The third-order valence-electron chi connectivity index (χ3n) is 3.62. The van der Waals surface area contributed by atoms with Crippen molar-refractivity contribution in [3.05, 3.63) is 0 Å². The van der Waals surface area contributed by atoms with Crippen LogP contribution in [0.3, 0.4) is 0 Å². The number of methoxy groups -OCH3 is 1. The highest BCUT2D eigenvalue weighted by atomic mass is 79.9. The topological polar surface area (TPSA) is 63.6 Å². The maximum atomic E-state index is 11.0. The van der Waals surface area contributed by atoms with Gasteiger partial charge in [-0.3, -0.25) is 9.59 Å². The Morgan fingerprint density at radius 2 is 1.32 bits per heavy atom. The minimum atomic E-state index is -0.753. The number of carbonyl (C=O) groups excluding carboxylic acids is 1. The van der Waals surface area contributed by atoms with E-state index in [1.54, 1.807) is 6.92 Å². The number of alkyl halides is 4. The van der Waals surface area contributed by atoms with Crippen molar-refractivity contribution in [2.75, 3.05) is 7.11 Å². The average molecular weight is 530 g/mol. The summed E-state index contributed by atoms with van der Waals surface area (Å²) in [6.45, 7) is 3.57. The fourth-order valence-corrected chi connectivity index (χ4v) is 4.38. The molecular formula is C11H14Br4O4. The van der Waals surface area contributed by atoms with Gasteiger partial charge in [0.2, 0.25) is 0 Å². The highest BCUT2D eigenvalue weighted by Gasteiger charge is 2.68. The maximum absolute atomic E-state index is 11.0. The average Bonchev–Trinajstić information content (AvgIpc) is 2.98. The van der Waals surface area contributed by atoms with Gasteiger partial charge >= 0.3 is 11.9 Å². The van der Waals surface area contributed by atoms with Crippen LogP contribution in [0.15, 0.2) is 0 Å². The Morgan fingerprint density at radius 1 is 1.00 bits per heavy atom. The van der Waals surface area contributed by atoms with E-state index in [0.717, 1.165) is 6.42 Å². The van der Waals surface area contributed by atoms with E-state index < -0.39 is 11.4 Å². The molecule has 0 amide bonds. The molecule has 2 fully saturated rings. The molecule has 0 bridgehead atoms. The highest BCUT2D eigenvalue weighted by Crippen LogP contribution is 2.67. The molecule has 0 spiro atoms. The largest absolute Gasteiger partial charge is 0.481 e. The van der Waals surface area contributed by atoms with E-state index in [4.69, 9.17) is 5.11 Å². The van der Waals surface area contributed by atoms with E-state index >= 15 is 0 Å². The first kappa shape index (κ1) is 17.9. The lowest BCUT2D eigenvalue weighted by Crippen LogP contribution is -2.18. The first-order valence-electron chi connectivity index (χ1n) is 5.41. The minimum absolute atomic E-state index is 0.166.